The lowest BCUT2D eigenvalue weighted by Crippen LogP contribution is -2.63. The van der Waals surface area contributed by atoms with E-state index in [-0.39, 0.29) is 13.0 Å². The first-order chi connectivity index (χ1) is 13.4. The summed E-state index contributed by atoms with van der Waals surface area (Å²) in [7, 11) is 0. The van der Waals surface area contributed by atoms with E-state index in [0.29, 0.717) is 22.3 Å². The van der Waals surface area contributed by atoms with Crippen molar-refractivity contribution in [1.82, 2.24) is 0 Å². The van der Waals surface area contributed by atoms with Crippen molar-refractivity contribution in [1.29, 1.82) is 0 Å². The maximum Gasteiger partial charge on any atom is 0.225 e. The fourth-order valence-electron chi connectivity index (χ4n) is 3.81. The number of aliphatic hydroxyl groups is 4. The zero-order valence-electron chi connectivity index (χ0n) is 14.8. The van der Waals surface area contributed by atoms with Gasteiger partial charge in [0, 0.05) is 18.1 Å². The van der Waals surface area contributed by atoms with E-state index in [2.05, 4.69) is 0 Å². The van der Waals surface area contributed by atoms with E-state index in [1.807, 2.05) is 0 Å². The number of ether oxygens (including phenoxy) is 2. The monoisotopic (exact) mass is 394 g/mol. The molecule has 5 atom stereocenters. The Kier molecular flexibility index (Phi) is 4.95. The quantitative estimate of drug-likeness (QED) is 0.612. The van der Waals surface area contributed by atoms with Gasteiger partial charge in [-0.1, -0.05) is 18.2 Å². The van der Waals surface area contributed by atoms with Crippen LogP contribution in [0.2, 0.25) is 0 Å². The molecule has 150 valence electrons. The molecular formula is C20H20F2O6. The van der Waals surface area contributed by atoms with Crippen molar-refractivity contribution in [2.24, 2.45) is 0 Å². The van der Waals surface area contributed by atoms with Crippen molar-refractivity contribution >= 4 is 0 Å². The molecule has 8 heteroatoms. The maximum atomic E-state index is 14.0. The van der Waals surface area contributed by atoms with Gasteiger partial charge < -0.3 is 29.9 Å². The van der Waals surface area contributed by atoms with Gasteiger partial charge in [-0.3, -0.25) is 0 Å². The average Bonchev–Trinajstić information content (AvgIpc) is 3.04. The maximum absolute atomic E-state index is 14.0. The van der Waals surface area contributed by atoms with Gasteiger partial charge in [-0.25, -0.2) is 8.78 Å². The zero-order valence-corrected chi connectivity index (χ0v) is 14.8. The average molecular weight is 394 g/mol. The Bertz CT molecular complexity index is 889. The summed E-state index contributed by atoms with van der Waals surface area (Å²) in [5.41, 5.74) is 2.08. The lowest BCUT2D eigenvalue weighted by atomic mass is 9.86. The van der Waals surface area contributed by atoms with Gasteiger partial charge in [0.15, 0.2) is 0 Å². The highest BCUT2D eigenvalue weighted by Gasteiger charge is 2.58. The number of fused-ring (bicyclic) bond motifs is 2. The lowest BCUT2D eigenvalue weighted by molar-refractivity contribution is -0.368. The summed E-state index contributed by atoms with van der Waals surface area (Å²) >= 11 is 0. The van der Waals surface area contributed by atoms with Gasteiger partial charge in [0.1, 0.15) is 36.1 Å². The molecule has 0 amide bonds. The van der Waals surface area contributed by atoms with Gasteiger partial charge >= 0.3 is 0 Å². The lowest BCUT2D eigenvalue weighted by Gasteiger charge is -2.46. The van der Waals surface area contributed by atoms with E-state index in [4.69, 9.17) is 9.47 Å². The molecule has 28 heavy (non-hydrogen) atoms. The summed E-state index contributed by atoms with van der Waals surface area (Å²) in [6.45, 7) is -0.482. The molecule has 2 heterocycles. The third kappa shape index (κ3) is 3.02. The van der Waals surface area contributed by atoms with Crippen LogP contribution >= 0.6 is 0 Å². The van der Waals surface area contributed by atoms with Gasteiger partial charge in [-0.05, 0) is 28.8 Å². The molecule has 0 aromatic heterocycles. The first-order valence-electron chi connectivity index (χ1n) is 8.89. The molecule has 2 aliphatic heterocycles. The van der Waals surface area contributed by atoms with Crippen LogP contribution in [0.4, 0.5) is 8.78 Å². The Morgan fingerprint density at radius 2 is 1.82 bits per heavy atom. The third-order valence-electron chi connectivity index (χ3n) is 5.35. The molecule has 4 N–H and O–H groups in total. The predicted molar refractivity (Wildman–Crippen MR) is 92.1 cm³/mol. The first kappa shape index (κ1) is 19.4. The third-order valence-corrected chi connectivity index (χ3v) is 5.35. The molecule has 0 aliphatic carbocycles. The summed E-state index contributed by atoms with van der Waals surface area (Å²) in [4.78, 5) is 0. The minimum Gasteiger partial charge on any atom is -0.394 e. The summed E-state index contributed by atoms with van der Waals surface area (Å²) in [5, 5.41) is 40.2. The molecule has 1 saturated heterocycles. The second-order valence-electron chi connectivity index (χ2n) is 7.13. The minimum absolute atomic E-state index is 0.0958. The topological polar surface area (TPSA) is 99.4 Å². The standard InChI is InChI=1S/C20H20F2O6/c21-13-4-3-11(15(22)7-13)5-10-1-2-12-9-27-20(14(12)6-10)19(26)18(25)17(24)16(8-23)28-20/h1-4,6-7,16-19,23-26H,5,8-9H2/t16-,17-,18+,19-,20?/m1/s1. The van der Waals surface area contributed by atoms with Crippen LogP contribution in [0.1, 0.15) is 22.3 Å². The summed E-state index contributed by atoms with van der Waals surface area (Å²) in [5.74, 6) is -3.08. The zero-order chi connectivity index (χ0) is 20.1. The van der Waals surface area contributed by atoms with Crippen molar-refractivity contribution in [3.8, 4) is 0 Å². The van der Waals surface area contributed by atoms with Gasteiger partial charge in [0.05, 0.1) is 13.2 Å². The molecule has 6 nitrogen and oxygen atoms in total. The predicted octanol–water partition coefficient (Wildman–Crippen LogP) is 0.712. The number of halogens is 2. The molecule has 2 aromatic carbocycles. The Labute approximate surface area is 159 Å². The highest BCUT2D eigenvalue weighted by atomic mass is 19.1. The van der Waals surface area contributed by atoms with Crippen LogP contribution in [0, 0.1) is 11.6 Å². The summed E-state index contributed by atoms with van der Waals surface area (Å²) < 4.78 is 38.5. The SMILES string of the molecule is OC[C@H]1OC2(OCc3ccc(Cc4ccc(F)cc4F)cc32)[C@H](O)[C@@H](O)[C@@H]1O. The van der Waals surface area contributed by atoms with Crippen molar-refractivity contribution in [3.05, 3.63) is 70.3 Å². The van der Waals surface area contributed by atoms with Crippen LogP contribution in [0.15, 0.2) is 36.4 Å². The molecule has 2 aliphatic rings. The van der Waals surface area contributed by atoms with E-state index in [1.165, 1.54) is 12.1 Å². The van der Waals surface area contributed by atoms with Crippen molar-refractivity contribution in [3.63, 3.8) is 0 Å². The molecule has 1 fully saturated rings. The Morgan fingerprint density at radius 3 is 2.54 bits per heavy atom. The van der Waals surface area contributed by atoms with E-state index < -0.39 is 48.4 Å². The fourth-order valence-corrected chi connectivity index (χ4v) is 3.81. The fraction of sp³-hybridized carbons (Fsp3) is 0.400. The Balaban J connectivity index is 1.70. The van der Waals surface area contributed by atoms with Crippen molar-refractivity contribution < 1.29 is 38.7 Å². The van der Waals surface area contributed by atoms with Crippen LogP contribution in [-0.2, 0) is 28.3 Å². The van der Waals surface area contributed by atoms with Gasteiger partial charge in [-0.2, -0.15) is 0 Å². The van der Waals surface area contributed by atoms with Gasteiger partial charge in [-0.15, -0.1) is 0 Å². The molecule has 1 spiro atoms. The normalized spacial score (nSPS) is 31.9. The van der Waals surface area contributed by atoms with Crippen molar-refractivity contribution in [2.45, 2.75) is 43.2 Å². The summed E-state index contributed by atoms with van der Waals surface area (Å²) in [6.07, 6.45) is -5.64. The Hall–Kier alpha value is -1.94. The number of benzene rings is 2. The first-order valence-corrected chi connectivity index (χ1v) is 8.89. The number of rotatable bonds is 3. The molecule has 4 rings (SSSR count). The second-order valence-corrected chi connectivity index (χ2v) is 7.13. The largest absolute Gasteiger partial charge is 0.394 e. The highest BCUT2D eigenvalue weighted by Crippen LogP contribution is 2.46. The van der Waals surface area contributed by atoms with E-state index in [1.54, 1.807) is 18.2 Å². The number of hydrogen-bond donors (Lipinski definition) is 4. The van der Waals surface area contributed by atoms with Crippen LogP contribution in [0.5, 0.6) is 0 Å². The molecule has 0 bridgehead atoms. The van der Waals surface area contributed by atoms with Crippen LogP contribution in [0.25, 0.3) is 0 Å². The van der Waals surface area contributed by atoms with Crippen LogP contribution in [0.3, 0.4) is 0 Å². The van der Waals surface area contributed by atoms with Crippen molar-refractivity contribution in [2.75, 3.05) is 6.61 Å². The molecule has 0 radical (unpaired) electrons. The molecular weight excluding hydrogens is 374 g/mol. The van der Waals surface area contributed by atoms with Gasteiger partial charge in [0.25, 0.3) is 0 Å². The van der Waals surface area contributed by atoms with Crippen LogP contribution in [-0.4, -0.2) is 51.4 Å². The smallest absolute Gasteiger partial charge is 0.225 e. The number of hydrogen-bond acceptors (Lipinski definition) is 6. The van der Waals surface area contributed by atoms with Gasteiger partial charge in [0.2, 0.25) is 5.79 Å². The van der Waals surface area contributed by atoms with E-state index in [0.717, 1.165) is 6.07 Å². The molecule has 1 unspecified atom stereocenters. The molecule has 2 aromatic rings. The highest BCUT2D eigenvalue weighted by molar-refractivity contribution is 5.41. The summed E-state index contributed by atoms with van der Waals surface area (Å²) in [6, 6.07) is 8.50. The number of aliphatic hydroxyl groups excluding tert-OH is 4. The second kappa shape index (κ2) is 7.14. The Morgan fingerprint density at radius 1 is 1.04 bits per heavy atom. The minimum atomic E-state index is -1.75. The van der Waals surface area contributed by atoms with E-state index >= 15 is 0 Å². The molecule has 0 saturated carbocycles. The van der Waals surface area contributed by atoms with E-state index in [9.17, 15) is 29.2 Å². The van der Waals surface area contributed by atoms with Crippen LogP contribution < -0.4 is 0 Å².